The van der Waals surface area contributed by atoms with Gasteiger partial charge in [0.05, 0.1) is 6.61 Å². The summed E-state index contributed by atoms with van der Waals surface area (Å²) in [6.07, 6.45) is -4.69. The van der Waals surface area contributed by atoms with E-state index < -0.39 is 37.3 Å². The van der Waals surface area contributed by atoms with Gasteiger partial charge in [-0.15, -0.1) is 0 Å². The van der Waals surface area contributed by atoms with Gasteiger partial charge in [-0.1, -0.05) is 6.07 Å². The number of hydrogen-bond donors (Lipinski definition) is 4. The maximum absolute atomic E-state index is 12.1. The molecule has 0 aliphatic carbocycles. The van der Waals surface area contributed by atoms with Crippen LogP contribution in [0.15, 0.2) is 23.0 Å². The van der Waals surface area contributed by atoms with Crippen LogP contribution in [0.2, 0.25) is 0 Å². The normalized spacial score (nSPS) is 41.4. The van der Waals surface area contributed by atoms with Gasteiger partial charge in [0.1, 0.15) is 30.6 Å². The highest BCUT2D eigenvalue weighted by atomic mass is 16.6. The summed E-state index contributed by atoms with van der Waals surface area (Å²) in [6.45, 7) is 1.41. The van der Waals surface area contributed by atoms with E-state index in [0.29, 0.717) is 19.6 Å². The Kier molecular flexibility index (Phi) is 4.43. The van der Waals surface area contributed by atoms with Crippen molar-refractivity contribution in [3.8, 4) is 0 Å². The molecule has 2 saturated heterocycles. The number of ether oxygens (including phenoxy) is 1. The van der Waals surface area contributed by atoms with Gasteiger partial charge >= 0.3 is 0 Å². The fourth-order valence-electron chi connectivity index (χ4n) is 4.53. The Labute approximate surface area is 144 Å². The van der Waals surface area contributed by atoms with Gasteiger partial charge in [-0.2, -0.15) is 0 Å². The Morgan fingerprint density at radius 3 is 2.64 bits per heavy atom. The first kappa shape index (κ1) is 17.1. The van der Waals surface area contributed by atoms with Crippen LogP contribution in [0, 0.1) is 5.92 Å². The van der Waals surface area contributed by atoms with E-state index >= 15 is 0 Å². The summed E-state index contributed by atoms with van der Waals surface area (Å²) < 4.78 is 7.52. The molecule has 4 N–H and O–H groups in total. The lowest BCUT2D eigenvalue weighted by atomic mass is 9.82. The molecule has 0 amide bonds. The van der Waals surface area contributed by atoms with Crippen molar-refractivity contribution in [1.82, 2.24) is 9.47 Å². The topological polar surface area (TPSA) is 115 Å². The van der Waals surface area contributed by atoms with Crippen molar-refractivity contribution in [2.24, 2.45) is 5.92 Å². The predicted octanol–water partition coefficient (Wildman–Crippen LogP) is -1.93. The average Bonchev–Trinajstić information content (AvgIpc) is 2.61. The SMILES string of the molecule is O=c1cccc2n1C[C@H]1C[C@H]2CN([C@@H]2O[C@H](CO)[C@H](O)[C@H](O)[C@H]2O)C1. The maximum Gasteiger partial charge on any atom is 0.250 e. The lowest BCUT2D eigenvalue weighted by Crippen LogP contribution is -2.65. The summed E-state index contributed by atoms with van der Waals surface area (Å²) >= 11 is 0. The zero-order chi connectivity index (χ0) is 17.7. The molecule has 1 aromatic heterocycles. The Bertz CT molecular complexity index is 692. The first-order valence-electron chi connectivity index (χ1n) is 8.74. The minimum atomic E-state index is -1.37. The molecule has 2 bridgehead atoms. The third-order valence-corrected chi connectivity index (χ3v) is 5.73. The summed E-state index contributed by atoms with van der Waals surface area (Å²) in [5.74, 6) is 0.396. The maximum atomic E-state index is 12.1. The standard InChI is InChI=1S/C17H24N2O6/c20-8-12-14(22)15(23)16(24)17(25-12)18-5-9-4-10(7-18)11-2-1-3-13(21)19(11)6-9/h1-3,9-10,12,14-17,20,22-24H,4-8H2/t9-,10-,12+,14-,15-,16+,17+/m0/s1. The molecule has 25 heavy (non-hydrogen) atoms. The fraction of sp³-hybridized carbons (Fsp3) is 0.706. The molecule has 3 aliphatic heterocycles. The Balaban J connectivity index is 1.58. The summed E-state index contributed by atoms with van der Waals surface area (Å²) in [6, 6.07) is 5.29. The molecule has 0 radical (unpaired) electrons. The van der Waals surface area contributed by atoms with Crippen molar-refractivity contribution in [2.75, 3.05) is 19.7 Å². The highest BCUT2D eigenvalue weighted by Gasteiger charge is 2.48. The number of nitrogens with zero attached hydrogens (tertiary/aromatic N) is 2. The number of hydrogen-bond acceptors (Lipinski definition) is 7. The van der Waals surface area contributed by atoms with Crippen LogP contribution in [0.1, 0.15) is 18.0 Å². The first-order chi connectivity index (χ1) is 12.0. The summed E-state index contributed by atoms with van der Waals surface area (Å²) in [7, 11) is 0. The van der Waals surface area contributed by atoms with E-state index in [0.717, 1.165) is 12.1 Å². The van der Waals surface area contributed by atoms with Crippen LogP contribution in [-0.2, 0) is 11.3 Å². The molecule has 2 fully saturated rings. The molecule has 8 nitrogen and oxygen atoms in total. The molecular formula is C17H24N2O6. The molecular weight excluding hydrogens is 328 g/mol. The van der Waals surface area contributed by atoms with Crippen molar-refractivity contribution < 1.29 is 25.2 Å². The third-order valence-electron chi connectivity index (χ3n) is 5.73. The molecule has 3 aliphatic rings. The van der Waals surface area contributed by atoms with E-state index in [1.807, 2.05) is 15.5 Å². The molecule has 8 heteroatoms. The Morgan fingerprint density at radius 2 is 1.88 bits per heavy atom. The minimum absolute atomic E-state index is 0.00786. The van der Waals surface area contributed by atoms with E-state index in [2.05, 4.69) is 0 Å². The minimum Gasteiger partial charge on any atom is -0.394 e. The quantitative estimate of drug-likeness (QED) is 0.490. The van der Waals surface area contributed by atoms with Crippen LogP contribution < -0.4 is 5.56 Å². The second-order valence-electron chi connectivity index (χ2n) is 7.37. The van der Waals surface area contributed by atoms with E-state index in [1.54, 1.807) is 12.1 Å². The summed E-state index contributed by atoms with van der Waals surface area (Å²) in [5.41, 5.74) is 0.992. The Morgan fingerprint density at radius 1 is 1.08 bits per heavy atom. The molecule has 4 rings (SSSR count). The van der Waals surface area contributed by atoms with E-state index in [9.17, 15) is 25.2 Å². The van der Waals surface area contributed by atoms with Crippen LogP contribution in [0.4, 0.5) is 0 Å². The molecule has 0 unspecified atom stereocenters. The van der Waals surface area contributed by atoms with Gasteiger partial charge in [0.2, 0.25) is 0 Å². The highest BCUT2D eigenvalue weighted by molar-refractivity contribution is 5.17. The van der Waals surface area contributed by atoms with Gasteiger partial charge in [0.15, 0.2) is 0 Å². The smallest absolute Gasteiger partial charge is 0.250 e. The van der Waals surface area contributed by atoms with Crippen LogP contribution in [0.5, 0.6) is 0 Å². The van der Waals surface area contributed by atoms with Crippen molar-refractivity contribution in [2.45, 2.75) is 49.5 Å². The van der Waals surface area contributed by atoms with Crippen LogP contribution in [0.25, 0.3) is 0 Å². The summed E-state index contributed by atoms with van der Waals surface area (Å²) in [4.78, 5) is 14.0. The number of fused-ring (bicyclic) bond motifs is 4. The lowest BCUT2D eigenvalue weighted by molar-refractivity contribution is -0.269. The molecule has 138 valence electrons. The van der Waals surface area contributed by atoms with Crippen molar-refractivity contribution in [3.63, 3.8) is 0 Å². The number of aliphatic hydroxyl groups excluding tert-OH is 4. The molecule has 0 aromatic carbocycles. The van der Waals surface area contributed by atoms with E-state index in [4.69, 9.17) is 4.74 Å². The number of aliphatic hydroxyl groups is 4. The zero-order valence-corrected chi connectivity index (χ0v) is 13.8. The van der Waals surface area contributed by atoms with Gasteiger partial charge in [-0.05, 0) is 18.4 Å². The number of likely N-dealkylation sites (tertiary alicyclic amines) is 1. The number of piperidine rings is 1. The third kappa shape index (κ3) is 2.83. The average molecular weight is 352 g/mol. The van der Waals surface area contributed by atoms with E-state index in [-0.39, 0.29) is 17.4 Å². The van der Waals surface area contributed by atoms with Crippen molar-refractivity contribution >= 4 is 0 Å². The van der Waals surface area contributed by atoms with Gasteiger partial charge in [-0.25, -0.2) is 0 Å². The van der Waals surface area contributed by atoms with Crippen molar-refractivity contribution in [3.05, 3.63) is 34.2 Å². The number of pyridine rings is 1. The van der Waals surface area contributed by atoms with Gasteiger partial charge in [0.25, 0.3) is 5.56 Å². The number of aromatic nitrogens is 1. The van der Waals surface area contributed by atoms with E-state index in [1.165, 1.54) is 0 Å². The molecule has 0 spiro atoms. The molecule has 4 heterocycles. The summed E-state index contributed by atoms with van der Waals surface area (Å²) in [5, 5.41) is 39.7. The van der Waals surface area contributed by atoms with Crippen LogP contribution in [0.3, 0.4) is 0 Å². The molecule has 1 aromatic rings. The fourth-order valence-corrected chi connectivity index (χ4v) is 4.53. The predicted molar refractivity (Wildman–Crippen MR) is 86.9 cm³/mol. The highest BCUT2D eigenvalue weighted by Crippen LogP contribution is 2.37. The monoisotopic (exact) mass is 352 g/mol. The van der Waals surface area contributed by atoms with Crippen molar-refractivity contribution in [1.29, 1.82) is 0 Å². The zero-order valence-electron chi connectivity index (χ0n) is 13.8. The second kappa shape index (κ2) is 6.46. The molecule has 7 atom stereocenters. The van der Waals surface area contributed by atoms with Gasteiger partial charge < -0.3 is 29.7 Å². The van der Waals surface area contributed by atoms with Crippen LogP contribution >= 0.6 is 0 Å². The van der Waals surface area contributed by atoms with Crippen LogP contribution in [-0.4, -0.2) is 80.2 Å². The van der Waals surface area contributed by atoms with Gasteiger partial charge in [-0.3, -0.25) is 9.69 Å². The first-order valence-corrected chi connectivity index (χ1v) is 8.74. The Hall–Kier alpha value is -1.29. The number of rotatable bonds is 2. The second-order valence-corrected chi connectivity index (χ2v) is 7.37. The largest absolute Gasteiger partial charge is 0.394 e. The lowest BCUT2D eigenvalue weighted by Gasteiger charge is -2.50. The van der Waals surface area contributed by atoms with Gasteiger partial charge in [0, 0.05) is 37.3 Å². The molecule has 0 saturated carbocycles.